The van der Waals surface area contributed by atoms with Gasteiger partial charge >= 0.3 is 0 Å². The third-order valence-electron chi connectivity index (χ3n) is 2.65. The van der Waals surface area contributed by atoms with E-state index in [0.29, 0.717) is 0 Å². The first-order valence-electron chi connectivity index (χ1n) is 5.30. The highest BCUT2D eigenvalue weighted by Crippen LogP contribution is 2.13. The van der Waals surface area contributed by atoms with E-state index in [0.717, 1.165) is 32.6 Å². The van der Waals surface area contributed by atoms with Gasteiger partial charge in [-0.05, 0) is 18.6 Å². The maximum atomic E-state index is 4.41. The Kier molecular flexibility index (Phi) is 2.99. The molecule has 1 N–H and O–H groups in total. The van der Waals surface area contributed by atoms with E-state index in [4.69, 9.17) is 0 Å². The van der Waals surface area contributed by atoms with Crippen molar-refractivity contribution in [2.75, 3.05) is 31.1 Å². The summed E-state index contributed by atoms with van der Waals surface area (Å²) in [4.78, 5) is 6.79. The molecule has 1 saturated heterocycles. The molecule has 0 unspecified atom stereocenters. The lowest BCUT2D eigenvalue weighted by Gasteiger charge is -2.29. The van der Waals surface area contributed by atoms with Gasteiger partial charge in [0.25, 0.3) is 0 Å². The van der Waals surface area contributed by atoms with Crippen LogP contribution in [-0.2, 0) is 6.42 Å². The van der Waals surface area contributed by atoms with Crippen molar-refractivity contribution < 1.29 is 0 Å². The van der Waals surface area contributed by atoms with Gasteiger partial charge in [0.15, 0.2) is 0 Å². The molecular weight excluding hydrogens is 174 g/mol. The molecule has 0 aliphatic carbocycles. The lowest BCUT2D eigenvalue weighted by atomic mass is 10.2. The molecule has 2 rings (SSSR count). The highest BCUT2D eigenvalue weighted by Gasteiger charge is 2.09. The summed E-state index contributed by atoms with van der Waals surface area (Å²) >= 11 is 0. The van der Waals surface area contributed by atoms with Crippen LogP contribution in [0.25, 0.3) is 0 Å². The Labute approximate surface area is 85.1 Å². The molecule has 0 spiro atoms. The summed E-state index contributed by atoms with van der Waals surface area (Å²) in [5.41, 5.74) is 2.42. The number of aromatic nitrogens is 1. The van der Waals surface area contributed by atoms with E-state index in [1.54, 1.807) is 0 Å². The molecule has 1 fully saturated rings. The van der Waals surface area contributed by atoms with Gasteiger partial charge in [-0.3, -0.25) is 4.98 Å². The quantitative estimate of drug-likeness (QED) is 0.757. The SMILES string of the molecule is CCc1ccc(N2CCNCC2)cn1. The molecular formula is C11H17N3. The Hall–Kier alpha value is -1.09. The second-order valence-corrected chi connectivity index (χ2v) is 3.60. The molecule has 0 aromatic carbocycles. The fraction of sp³-hybridized carbons (Fsp3) is 0.545. The van der Waals surface area contributed by atoms with Gasteiger partial charge in [-0.15, -0.1) is 0 Å². The van der Waals surface area contributed by atoms with E-state index in [-0.39, 0.29) is 0 Å². The zero-order valence-electron chi connectivity index (χ0n) is 8.66. The van der Waals surface area contributed by atoms with Crippen LogP contribution in [0.4, 0.5) is 5.69 Å². The van der Waals surface area contributed by atoms with E-state index >= 15 is 0 Å². The van der Waals surface area contributed by atoms with Crippen molar-refractivity contribution in [3.63, 3.8) is 0 Å². The van der Waals surface area contributed by atoms with Crippen LogP contribution in [-0.4, -0.2) is 31.2 Å². The molecule has 1 aliphatic heterocycles. The van der Waals surface area contributed by atoms with Gasteiger partial charge in [0, 0.05) is 31.9 Å². The monoisotopic (exact) mass is 191 g/mol. The van der Waals surface area contributed by atoms with Crippen LogP contribution in [0.3, 0.4) is 0 Å². The van der Waals surface area contributed by atoms with Crippen molar-refractivity contribution in [2.24, 2.45) is 0 Å². The van der Waals surface area contributed by atoms with Gasteiger partial charge in [-0.2, -0.15) is 0 Å². The normalized spacial score (nSPS) is 17.1. The summed E-state index contributed by atoms with van der Waals surface area (Å²) in [5.74, 6) is 0. The molecule has 76 valence electrons. The number of nitrogens with one attached hydrogen (secondary N) is 1. The summed E-state index contributed by atoms with van der Waals surface area (Å²) in [6, 6.07) is 4.30. The highest BCUT2D eigenvalue weighted by molar-refractivity contribution is 5.45. The Bertz CT molecular complexity index is 275. The molecule has 1 aromatic heterocycles. The lowest BCUT2D eigenvalue weighted by Crippen LogP contribution is -2.43. The number of aryl methyl sites for hydroxylation is 1. The first-order chi connectivity index (χ1) is 6.90. The molecule has 0 bridgehead atoms. The largest absolute Gasteiger partial charge is 0.368 e. The Morgan fingerprint density at radius 2 is 2.14 bits per heavy atom. The predicted octanol–water partition coefficient (Wildman–Crippen LogP) is 1.05. The van der Waals surface area contributed by atoms with E-state index < -0.39 is 0 Å². The number of hydrogen-bond donors (Lipinski definition) is 1. The average molecular weight is 191 g/mol. The highest BCUT2D eigenvalue weighted by atomic mass is 15.2. The van der Waals surface area contributed by atoms with E-state index in [1.165, 1.54) is 11.4 Å². The maximum absolute atomic E-state index is 4.41. The zero-order valence-corrected chi connectivity index (χ0v) is 8.66. The van der Waals surface area contributed by atoms with Crippen LogP contribution in [0.1, 0.15) is 12.6 Å². The summed E-state index contributed by atoms with van der Waals surface area (Å²) in [6.07, 6.45) is 3.01. The number of pyridine rings is 1. The standard InChI is InChI=1S/C11H17N3/c1-2-10-3-4-11(9-13-10)14-7-5-12-6-8-14/h3-4,9,12H,2,5-8H2,1H3. The molecule has 0 saturated carbocycles. The third kappa shape index (κ3) is 2.04. The summed E-state index contributed by atoms with van der Waals surface area (Å²) in [5, 5.41) is 3.34. The fourth-order valence-corrected chi connectivity index (χ4v) is 1.74. The first kappa shape index (κ1) is 9.46. The number of nitrogens with zero attached hydrogens (tertiary/aromatic N) is 2. The van der Waals surface area contributed by atoms with E-state index in [9.17, 15) is 0 Å². The van der Waals surface area contributed by atoms with Crippen LogP contribution in [0.15, 0.2) is 18.3 Å². The maximum Gasteiger partial charge on any atom is 0.0553 e. The Morgan fingerprint density at radius 1 is 1.36 bits per heavy atom. The number of piperazine rings is 1. The molecule has 1 aromatic rings. The Morgan fingerprint density at radius 3 is 2.71 bits per heavy atom. The van der Waals surface area contributed by atoms with Gasteiger partial charge in [-0.25, -0.2) is 0 Å². The van der Waals surface area contributed by atoms with Crippen LogP contribution in [0.5, 0.6) is 0 Å². The summed E-state index contributed by atoms with van der Waals surface area (Å²) < 4.78 is 0. The third-order valence-corrected chi connectivity index (χ3v) is 2.65. The minimum absolute atomic E-state index is 1.02. The van der Waals surface area contributed by atoms with Gasteiger partial charge in [0.1, 0.15) is 0 Å². The fourth-order valence-electron chi connectivity index (χ4n) is 1.74. The molecule has 1 aliphatic rings. The van der Waals surface area contributed by atoms with Crippen molar-refractivity contribution in [1.29, 1.82) is 0 Å². The van der Waals surface area contributed by atoms with Gasteiger partial charge in [-0.1, -0.05) is 6.92 Å². The van der Waals surface area contributed by atoms with Gasteiger partial charge in [0.05, 0.1) is 11.9 Å². The van der Waals surface area contributed by atoms with Crippen molar-refractivity contribution in [3.05, 3.63) is 24.0 Å². The van der Waals surface area contributed by atoms with Crippen molar-refractivity contribution in [2.45, 2.75) is 13.3 Å². The number of anilines is 1. The minimum atomic E-state index is 1.02. The van der Waals surface area contributed by atoms with Crippen molar-refractivity contribution in [3.8, 4) is 0 Å². The topological polar surface area (TPSA) is 28.2 Å². The lowest BCUT2D eigenvalue weighted by molar-refractivity contribution is 0.588. The molecule has 3 heteroatoms. The first-order valence-corrected chi connectivity index (χ1v) is 5.30. The van der Waals surface area contributed by atoms with Crippen molar-refractivity contribution in [1.82, 2.24) is 10.3 Å². The van der Waals surface area contributed by atoms with Gasteiger partial charge in [0.2, 0.25) is 0 Å². The smallest absolute Gasteiger partial charge is 0.0553 e. The Balaban J connectivity index is 2.07. The molecule has 14 heavy (non-hydrogen) atoms. The van der Waals surface area contributed by atoms with Crippen molar-refractivity contribution >= 4 is 5.69 Å². The predicted molar refractivity (Wildman–Crippen MR) is 58.7 cm³/mol. The second-order valence-electron chi connectivity index (χ2n) is 3.60. The molecule has 0 amide bonds. The van der Waals surface area contributed by atoms with Crippen LogP contribution in [0.2, 0.25) is 0 Å². The molecule has 0 radical (unpaired) electrons. The molecule has 3 nitrogen and oxygen atoms in total. The van der Waals surface area contributed by atoms with Crippen LogP contribution in [0, 0.1) is 0 Å². The van der Waals surface area contributed by atoms with Gasteiger partial charge < -0.3 is 10.2 Å². The van der Waals surface area contributed by atoms with Crippen LogP contribution >= 0.6 is 0 Å². The van der Waals surface area contributed by atoms with E-state index in [1.807, 2.05) is 6.20 Å². The average Bonchev–Trinajstić information content (AvgIpc) is 2.30. The van der Waals surface area contributed by atoms with E-state index in [2.05, 4.69) is 34.3 Å². The molecule has 2 heterocycles. The van der Waals surface area contributed by atoms with Crippen LogP contribution < -0.4 is 10.2 Å². The minimum Gasteiger partial charge on any atom is -0.368 e. The zero-order chi connectivity index (χ0) is 9.80. The number of rotatable bonds is 2. The second kappa shape index (κ2) is 4.42. The number of hydrogen-bond acceptors (Lipinski definition) is 3. The summed E-state index contributed by atoms with van der Waals surface area (Å²) in [6.45, 7) is 6.47. The molecule has 0 atom stereocenters. The summed E-state index contributed by atoms with van der Waals surface area (Å²) in [7, 11) is 0.